The molecule has 2 unspecified atom stereocenters. The van der Waals surface area contributed by atoms with Crippen molar-refractivity contribution >= 4 is 5.97 Å². The van der Waals surface area contributed by atoms with Gasteiger partial charge >= 0.3 is 5.97 Å². The topological polar surface area (TPSA) is 66.8 Å². The average molecular weight is 214 g/mol. The van der Waals surface area contributed by atoms with E-state index in [4.69, 9.17) is 0 Å². The third kappa shape index (κ3) is 4.76. The summed E-state index contributed by atoms with van der Waals surface area (Å²) in [4.78, 5) is 11.0. The summed E-state index contributed by atoms with van der Waals surface area (Å²) in [5.74, 6) is -0.420. The molecular weight excluding hydrogens is 196 g/mol. The van der Waals surface area contributed by atoms with Crippen LogP contribution in [0.2, 0.25) is 0 Å². The Balaban J connectivity index is 4.50. The largest absolute Gasteiger partial charge is 0.466 e. The average Bonchev–Trinajstić information content (AvgIpc) is 2.15. The minimum absolute atomic E-state index is 0.420. The van der Waals surface area contributed by atoms with E-state index in [0.717, 1.165) is 0 Å². The van der Waals surface area contributed by atoms with Crippen molar-refractivity contribution in [3.05, 3.63) is 23.8 Å². The summed E-state index contributed by atoms with van der Waals surface area (Å²) in [5.41, 5.74) is -0.873. The van der Waals surface area contributed by atoms with E-state index in [1.165, 1.54) is 39.2 Å². The van der Waals surface area contributed by atoms with Crippen LogP contribution in [0.4, 0.5) is 0 Å². The number of esters is 1. The van der Waals surface area contributed by atoms with Crippen molar-refractivity contribution in [3.63, 3.8) is 0 Å². The van der Waals surface area contributed by atoms with Crippen LogP contribution in [-0.4, -0.2) is 35.0 Å². The van der Waals surface area contributed by atoms with Gasteiger partial charge in [-0.1, -0.05) is 18.2 Å². The third-order valence-corrected chi connectivity index (χ3v) is 2.13. The van der Waals surface area contributed by atoms with Crippen LogP contribution in [0.15, 0.2) is 23.8 Å². The van der Waals surface area contributed by atoms with Gasteiger partial charge in [-0.2, -0.15) is 0 Å². The first-order chi connectivity index (χ1) is 6.81. The molecule has 15 heavy (non-hydrogen) atoms. The van der Waals surface area contributed by atoms with E-state index in [0.29, 0.717) is 5.57 Å². The number of aliphatic hydroxyl groups excluding tert-OH is 1. The molecule has 86 valence electrons. The van der Waals surface area contributed by atoms with Gasteiger partial charge in [0.25, 0.3) is 0 Å². The van der Waals surface area contributed by atoms with Gasteiger partial charge in [-0.3, -0.25) is 0 Å². The molecule has 0 aromatic heterocycles. The molecule has 0 aromatic rings. The second kappa shape index (κ2) is 5.68. The number of carbonyl (C=O) groups is 1. The molecule has 4 nitrogen and oxygen atoms in total. The van der Waals surface area contributed by atoms with Gasteiger partial charge in [0.05, 0.1) is 13.2 Å². The van der Waals surface area contributed by atoms with E-state index in [9.17, 15) is 15.0 Å². The Bertz CT molecular complexity index is 274. The van der Waals surface area contributed by atoms with Crippen LogP contribution in [0.1, 0.15) is 20.8 Å². The summed E-state index contributed by atoms with van der Waals surface area (Å²) < 4.78 is 4.49. The highest BCUT2D eigenvalue weighted by Gasteiger charge is 2.22. The fourth-order valence-electron chi connectivity index (χ4n) is 0.756. The van der Waals surface area contributed by atoms with Crippen molar-refractivity contribution in [1.82, 2.24) is 0 Å². The van der Waals surface area contributed by atoms with Crippen LogP contribution in [0.25, 0.3) is 0 Å². The summed E-state index contributed by atoms with van der Waals surface area (Å²) in [6.07, 6.45) is 3.58. The monoisotopic (exact) mass is 214 g/mol. The zero-order valence-electron chi connectivity index (χ0n) is 9.52. The number of hydrogen-bond acceptors (Lipinski definition) is 4. The molecule has 0 aliphatic heterocycles. The molecular formula is C11H18O4. The fourth-order valence-corrected chi connectivity index (χ4v) is 0.756. The Morgan fingerprint density at radius 3 is 2.47 bits per heavy atom. The summed E-state index contributed by atoms with van der Waals surface area (Å²) in [7, 11) is 1.30. The van der Waals surface area contributed by atoms with Crippen LogP contribution < -0.4 is 0 Å². The van der Waals surface area contributed by atoms with Crippen LogP contribution in [0, 0.1) is 0 Å². The van der Waals surface area contributed by atoms with Gasteiger partial charge in [-0.25, -0.2) is 4.79 Å². The Morgan fingerprint density at radius 2 is 2.07 bits per heavy atom. The molecule has 0 amide bonds. The van der Waals surface area contributed by atoms with Crippen molar-refractivity contribution < 1.29 is 19.7 Å². The normalized spacial score (nSPS) is 18.7. The van der Waals surface area contributed by atoms with Crippen LogP contribution in [-0.2, 0) is 9.53 Å². The van der Waals surface area contributed by atoms with Gasteiger partial charge in [-0.15, -0.1) is 0 Å². The van der Waals surface area contributed by atoms with Gasteiger partial charge in [0, 0.05) is 5.57 Å². The van der Waals surface area contributed by atoms with E-state index in [1.54, 1.807) is 6.92 Å². The standard InChI is InChI=1S/C11H18O4/c1-8(10(13)15-4)6-5-7-11(3,14)9(2)12/h5-7,9,12,14H,1-4H3. The lowest BCUT2D eigenvalue weighted by molar-refractivity contribution is -0.136. The number of ether oxygens (including phenoxy) is 1. The molecule has 0 aliphatic rings. The number of carbonyl (C=O) groups excluding carboxylic acids is 1. The minimum atomic E-state index is -1.30. The van der Waals surface area contributed by atoms with Crippen molar-refractivity contribution in [1.29, 1.82) is 0 Å². The quantitative estimate of drug-likeness (QED) is 0.412. The first-order valence-corrected chi connectivity index (χ1v) is 4.66. The molecule has 0 spiro atoms. The van der Waals surface area contributed by atoms with Crippen molar-refractivity contribution in [2.75, 3.05) is 7.11 Å². The second-order valence-corrected chi connectivity index (χ2v) is 3.60. The number of rotatable bonds is 4. The first kappa shape index (κ1) is 13.9. The molecule has 0 saturated carbocycles. The number of aliphatic hydroxyl groups is 2. The smallest absolute Gasteiger partial charge is 0.333 e. The summed E-state index contributed by atoms with van der Waals surface area (Å²) >= 11 is 0. The highest BCUT2D eigenvalue weighted by atomic mass is 16.5. The molecule has 0 bridgehead atoms. The van der Waals surface area contributed by atoms with E-state index in [-0.39, 0.29) is 0 Å². The lowest BCUT2D eigenvalue weighted by Gasteiger charge is -2.21. The zero-order chi connectivity index (χ0) is 12.1. The molecule has 0 saturated heterocycles. The molecule has 0 rings (SSSR count). The van der Waals surface area contributed by atoms with Gasteiger partial charge in [0.15, 0.2) is 0 Å². The first-order valence-electron chi connectivity index (χ1n) is 4.66. The lowest BCUT2D eigenvalue weighted by atomic mass is 10.00. The van der Waals surface area contributed by atoms with Crippen LogP contribution in [0.3, 0.4) is 0 Å². The molecule has 2 N–H and O–H groups in total. The molecule has 0 heterocycles. The molecule has 0 aliphatic carbocycles. The Hall–Kier alpha value is -1.13. The number of hydrogen-bond donors (Lipinski definition) is 2. The molecule has 0 aromatic carbocycles. The van der Waals surface area contributed by atoms with E-state index < -0.39 is 17.7 Å². The SMILES string of the molecule is COC(=O)C(C)=CC=CC(C)(O)C(C)O. The van der Waals surface area contributed by atoms with E-state index in [1.807, 2.05) is 0 Å². The molecule has 2 atom stereocenters. The maximum absolute atomic E-state index is 11.0. The van der Waals surface area contributed by atoms with Gasteiger partial charge in [0.2, 0.25) is 0 Å². The third-order valence-electron chi connectivity index (χ3n) is 2.13. The van der Waals surface area contributed by atoms with Crippen molar-refractivity contribution in [2.45, 2.75) is 32.5 Å². The van der Waals surface area contributed by atoms with Gasteiger partial charge < -0.3 is 14.9 Å². The summed E-state index contributed by atoms with van der Waals surface area (Å²) in [6.45, 7) is 4.57. The van der Waals surface area contributed by atoms with E-state index in [2.05, 4.69) is 4.74 Å². The highest BCUT2D eigenvalue weighted by molar-refractivity contribution is 5.87. The maximum Gasteiger partial charge on any atom is 0.333 e. The van der Waals surface area contributed by atoms with Gasteiger partial charge in [-0.05, 0) is 20.8 Å². The van der Waals surface area contributed by atoms with Crippen molar-refractivity contribution in [2.24, 2.45) is 0 Å². The van der Waals surface area contributed by atoms with Crippen molar-refractivity contribution in [3.8, 4) is 0 Å². The summed E-state index contributed by atoms with van der Waals surface area (Å²) in [6, 6.07) is 0. The van der Waals surface area contributed by atoms with Crippen LogP contribution >= 0.6 is 0 Å². The molecule has 4 heteroatoms. The Morgan fingerprint density at radius 1 is 1.53 bits per heavy atom. The predicted molar refractivity (Wildman–Crippen MR) is 57.2 cm³/mol. The van der Waals surface area contributed by atoms with E-state index >= 15 is 0 Å². The number of methoxy groups -OCH3 is 1. The van der Waals surface area contributed by atoms with Gasteiger partial charge in [0.1, 0.15) is 5.60 Å². The Kier molecular flexibility index (Phi) is 5.25. The Labute approximate surface area is 89.9 Å². The number of allylic oxidation sites excluding steroid dienone is 2. The minimum Gasteiger partial charge on any atom is -0.466 e. The summed E-state index contributed by atoms with van der Waals surface area (Å²) in [5, 5.41) is 18.8. The fraction of sp³-hybridized carbons (Fsp3) is 0.545. The highest BCUT2D eigenvalue weighted by Crippen LogP contribution is 2.11. The lowest BCUT2D eigenvalue weighted by Crippen LogP contribution is -2.34. The van der Waals surface area contributed by atoms with Crippen LogP contribution in [0.5, 0.6) is 0 Å². The predicted octanol–water partition coefficient (Wildman–Crippen LogP) is 0.794. The second-order valence-electron chi connectivity index (χ2n) is 3.60. The molecule has 0 radical (unpaired) electrons. The maximum atomic E-state index is 11.0. The molecule has 0 fully saturated rings. The zero-order valence-corrected chi connectivity index (χ0v) is 9.52.